The molecule has 1 aromatic rings. The molecule has 0 radical (unpaired) electrons. The molecule has 27 heavy (non-hydrogen) atoms. The number of rotatable bonds is 8. The highest BCUT2D eigenvalue weighted by Gasteiger charge is 2.32. The van der Waals surface area contributed by atoms with Crippen LogP contribution in [0.25, 0.3) is 0 Å². The Bertz CT molecular complexity index is 600. The summed E-state index contributed by atoms with van der Waals surface area (Å²) in [7, 11) is 3.72. The number of aliphatic hydroxyl groups excluding tert-OH is 1. The summed E-state index contributed by atoms with van der Waals surface area (Å²) in [6, 6.07) is -0.126. The Morgan fingerprint density at radius 2 is 2.11 bits per heavy atom. The summed E-state index contributed by atoms with van der Waals surface area (Å²) < 4.78 is 7.96. The maximum absolute atomic E-state index is 12.0. The topological polar surface area (TPSA) is 92.5 Å². The van der Waals surface area contributed by atoms with Gasteiger partial charge in [0.05, 0.1) is 31.0 Å². The number of aliphatic hydroxyl groups is 1. The number of nitrogens with zero attached hydrogens (tertiary/aromatic N) is 4. The van der Waals surface area contributed by atoms with Crippen LogP contribution in [0.5, 0.6) is 0 Å². The first-order chi connectivity index (χ1) is 13.0. The predicted molar refractivity (Wildman–Crippen MR) is 101 cm³/mol. The van der Waals surface area contributed by atoms with Gasteiger partial charge in [-0.1, -0.05) is 18.1 Å². The lowest BCUT2D eigenvalue weighted by Crippen LogP contribution is -2.52. The third-order valence-electron chi connectivity index (χ3n) is 5.61. The summed E-state index contributed by atoms with van der Waals surface area (Å²) in [5.74, 6) is 0.544. The smallest absolute Gasteiger partial charge is 0.234 e. The fraction of sp³-hybridized carbons (Fsp3) is 0.842. The molecular weight excluding hydrogens is 346 g/mol. The Labute approximate surface area is 161 Å². The first kappa shape index (κ1) is 20.2. The zero-order valence-electron chi connectivity index (χ0n) is 16.5. The van der Waals surface area contributed by atoms with E-state index in [2.05, 4.69) is 21.8 Å². The van der Waals surface area contributed by atoms with Crippen molar-refractivity contribution in [1.82, 2.24) is 25.2 Å². The van der Waals surface area contributed by atoms with Gasteiger partial charge in [0.15, 0.2) is 0 Å². The molecule has 3 atom stereocenters. The van der Waals surface area contributed by atoms with Crippen molar-refractivity contribution in [3.63, 3.8) is 0 Å². The van der Waals surface area contributed by atoms with E-state index in [0.29, 0.717) is 12.5 Å². The van der Waals surface area contributed by atoms with Gasteiger partial charge in [0.1, 0.15) is 6.10 Å². The molecule has 2 heterocycles. The molecule has 2 N–H and O–H groups in total. The van der Waals surface area contributed by atoms with Gasteiger partial charge in [-0.25, -0.2) is 0 Å². The summed E-state index contributed by atoms with van der Waals surface area (Å²) in [5.41, 5.74) is 1.12. The van der Waals surface area contributed by atoms with E-state index in [4.69, 9.17) is 4.74 Å². The van der Waals surface area contributed by atoms with Crippen LogP contribution in [0, 0.1) is 0 Å². The number of aromatic nitrogens is 3. The molecule has 8 nitrogen and oxygen atoms in total. The Morgan fingerprint density at radius 1 is 1.33 bits per heavy atom. The molecule has 1 aliphatic carbocycles. The zero-order chi connectivity index (χ0) is 19.2. The van der Waals surface area contributed by atoms with E-state index in [0.717, 1.165) is 31.5 Å². The zero-order valence-corrected chi connectivity index (χ0v) is 16.5. The largest absolute Gasteiger partial charge is 0.394 e. The number of hydrogen-bond donors (Lipinski definition) is 2. The van der Waals surface area contributed by atoms with Crippen LogP contribution in [0.15, 0.2) is 6.20 Å². The second kappa shape index (κ2) is 9.61. The second-order valence-electron chi connectivity index (χ2n) is 8.14. The van der Waals surface area contributed by atoms with Crippen LogP contribution in [0.3, 0.4) is 0 Å². The highest BCUT2D eigenvalue weighted by Crippen LogP contribution is 2.32. The van der Waals surface area contributed by atoms with Gasteiger partial charge < -0.3 is 20.1 Å². The van der Waals surface area contributed by atoms with Crippen LogP contribution in [-0.2, 0) is 16.1 Å². The third-order valence-corrected chi connectivity index (χ3v) is 5.61. The Hall–Kier alpha value is -1.51. The normalized spacial score (nSPS) is 26.6. The molecular formula is C19H33N5O3. The Balaban J connectivity index is 1.45. The van der Waals surface area contributed by atoms with Gasteiger partial charge in [0, 0.05) is 18.7 Å². The number of aryl methyl sites for hydroxylation is 1. The van der Waals surface area contributed by atoms with E-state index in [1.807, 2.05) is 23.7 Å². The summed E-state index contributed by atoms with van der Waals surface area (Å²) in [6.45, 7) is 1.02. The highest BCUT2D eigenvalue weighted by atomic mass is 16.5. The van der Waals surface area contributed by atoms with Crippen LogP contribution < -0.4 is 5.32 Å². The van der Waals surface area contributed by atoms with Gasteiger partial charge in [-0.2, -0.15) is 0 Å². The Kier molecular flexibility index (Phi) is 7.20. The van der Waals surface area contributed by atoms with Crippen LogP contribution in [0.1, 0.15) is 56.6 Å². The van der Waals surface area contributed by atoms with Gasteiger partial charge in [-0.3, -0.25) is 9.48 Å². The van der Waals surface area contributed by atoms with Crippen molar-refractivity contribution in [3.05, 3.63) is 11.9 Å². The van der Waals surface area contributed by atoms with Crippen molar-refractivity contribution < 1.29 is 14.6 Å². The number of carbonyl (C=O) groups excluding carboxylic acids is 1. The van der Waals surface area contributed by atoms with E-state index in [-0.39, 0.29) is 30.8 Å². The molecule has 0 spiro atoms. The molecule has 2 fully saturated rings. The maximum atomic E-state index is 12.0. The van der Waals surface area contributed by atoms with Crippen molar-refractivity contribution in [2.45, 2.75) is 75.7 Å². The lowest BCUT2D eigenvalue weighted by molar-refractivity contribution is -0.129. The molecule has 1 amide bonds. The highest BCUT2D eigenvalue weighted by molar-refractivity contribution is 5.78. The molecule has 0 unspecified atom stereocenters. The minimum atomic E-state index is -0.348. The summed E-state index contributed by atoms with van der Waals surface area (Å²) in [4.78, 5) is 13.8. The average Bonchev–Trinajstić information content (AvgIpc) is 3.31. The summed E-state index contributed by atoms with van der Waals surface area (Å²) in [5, 5.41) is 21.3. The average molecular weight is 380 g/mol. The van der Waals surface area contributed by atoms with Crippen molar-refractivity contribution in [1.29, 1.82) is 0 Å². The van der Waals surface area contributed by atoms with Crippen molar-refractivity contribution in [2.75, 3.05) is 27.2 Å². The van der Waals surface area contributed by atoms with Crippen molar-refractivity contribution in [2.24, 2.45) is 0 Å². The van der Waals surface area contributed by atoms with Crippen LogP contribution in [0.2, 0.25) is 0 Å². The minimum Gasteiger partial charge on any atom is -0.394 e. The minimum absolute atomic E-state index is 0.0347. The van der Waals surface area contributed by atoms with Gasteiger partial charge in [0.2, 0.25) is 5.91 Å². The first-order valence-electron chi connectivity index (χ1n) is 10.2. The molecule has 1 aliphatic heterocycles. The van der Waals surface area contributed by atoms with Gasteiger partial charge in [-0.05, 0) is 46.2 Å². The molecule has 1 aromatic heterocycles. The molecule has 3 rings (SSSR count). The standard InChI is InChI=1S/C19H33N5O3/c1-23(2)12-19(26)20-16-8-7-15(27-18(16)13-25)9-10-24-11-17(21-22-24)14-5-3-4-6-14/h11,14-16,18,25H,3-10,12-13H2,1-2H3,(H,20,26)/t15-,16-,18+/m1/s1. The van der Waals surface area contributed by atoms with E-state index in [1.165, 1.54) is 25.7 Å². The van der Waals surface area contributed by atoms with Crippen LogP contribution >= 0.6 is 0 Å². The first-order valence-corrected chi connectivity index (χ1v) is 10.2. The van der Waals surface area contributed by atoms with E-state index < -0.39 is 0 Å². The third kappa shape index (κ3) is 5.73. The molecule has 2 aliphatic rings. The molecule has 152 valence electrons. The van der Waals surface area contributed by atoms with Gasteiger partial charge in [-0.15, -0.1) is 5.10 Å². The molecule has 8 heteroatoms. The number of hydrogen-bond acceptors (Lipinski definition) is 6. The van der Waals surface area contributed by atoms with Crippen LogP contribution in [-0.4, -0.2) is 76.4 Å². The summed E-state index contributed by atoms with van der Waals surface area (Å²) >= 11 is 0. The second-order valence-corrected chi connectivity index (χ2v) is 8.14. The number of likely N-dealkylation sites (N-methyl/N-ethyl adjacent to an activating group) is 1. The fourth-order valence-corrected chi connectivity index (χ4v) is 4.16. The number of carbonyl (C=O) groups is 1. The molecule has 0 aromatic carbocycles. The van der Waals surface area contributed by atoms with Crippen molar-refractivity contribution >= 4 is 5.91 Å². The van der Waals surface area contributed by atoms with E-state index in [9.17, 15) is 9.90 Å². The molecule has 0 bridgehead atoms. The van der Waals surface area contributed by atoms with E-state index >= 15 is 0 Å². The maximum Gasteiger partial charge on any atom is 0.234 e. The number of ether oxygens (including phenoxy) is 1. The molecule has 1 saturated heterocycles. The lowest BCUT2D eigenvalue weighted by atomic mass is 9.97. The van der Waals surface area contributed by atoms with Gasteiger partial charge >= 0.3 is 0 Å². The van der Waals surface area contributed by atoms with E-state index in [1.54, 1.807) is 0 Å². The monoisotopic (exact) mass is 379 g/mol. The summed E-state index contributed by atoms with van der Waals surface area (Å²) in [6.07, 6.45) is 9.36. The Morgan fingerprint density at radius 3 is 2.81 bits per heavy atom. The predicted octanol–water partition coefficient (Wildman–Crippen LogP) is 0.912. The SMILES string of the molecule is CN(C)CC(=O)N[C@@H]1CC[C@H](CCn2cc(C3CCCC3)nn2)O[C@H]1CO. The molecule has 1 saturated carbocycles. The van der Waals surface area contributed by atoms with Crippen molar-refractivity contribution in [3.8, 4) is 0 Å². The van der Waals surface area contributed by atoms with Gasteiger partial charge in [0.25, 0.3) is 0 Å². The number of nitrogens with one attached hydrogen (secondary N) is 1. The number of amides is 1. The quantitative estimate of drug-likeness (QED) is 0.698. The fourth-order valence-electron chi connectivity index (χ4n) is 4.16. The van der Waals surface area contributed by atoms with Crippen LogP contribution in [0.4, 0.5) is 0 Å². The lowest BCUT2D eigenvalue weighted by Gasteiger charge is -2.36.